The zero-order valence-electron chi connectivity index (χ0n) is 11.8. The lowest BCUT2D eigenvalue weighted by molar-refractivity contribution is 0.0512. The molecule has 0 fully saturated rings. The van der Waals surface area contributed by atoms with E-state index in [4.69, 9.17) is 4.74 Å². The number of alkyl carbamates (subject to hydrolysis) is 1. The van der Waals surface area contributed by atoms with Crippen LogP contribution in [0.3, 0.4) is 0 Å². The predicted molar refractivity (Wildman–Crippen MR) is 79.8 cm³/mol. The van der Waals surface area contributed by atoms with Gasteiger partial charge >= 0.3 is 6.09 Å². The minimum Gasteiger partial charge on any atom is -0.444 e. The molecule has 5 heteroatoms. The zero-order valence-corrected chi connectivity index (χ0v) is 12.6. The number of carbonyl (C=O) groups is 1. The second-order valence-electron chi connectivity index (χ2n) is 5.36. The molecule has 1 amide bonds. The first-order valence-corrected chi connectivity index (χ1v) is 7.27. The van der Waals surface area contributed by atoms with Crippen molar-refractivity contribution in [2.75, 3.05) is 0 Å². The van der Waals surface area contributed by atoms with Crippen molar-refractivity contribution >= 4 is 17.4 Å². The van der Waals surface area contributed by atoms with Crippen LogP contribution in [0.1, 0.15) is 37.4 Å². The summed E-state index contributed by atoms with van der Waals surface area (Å²) < 4.78 is 5.31. The SMILES string of the molecule is CC(C)(C)OC(=O)NC(c1ccccc1)c1nccs1. The molecule has 0 saturated heterocycles. The van der Waals surface area contributed by atoms with Gasteiger partial charge in [-0.2, -0.15) is 0 Å². The molecule has 0 saturated carbocycles. The van der Waals surface area contributed by atoms with E-state index in [9.17, 15) is 4.79 Å². The van der Waals surface area contributed by atoms with E-state index in [0.29, 0.717) is 0 Å². The molecule has 2 aromatic rings. The number of nitrogens with one attached hydrogen (secondary N) is 1. The Morgan fingerprint density at radius 1 is 1.30 bits per heavy atom. The highest BCUT2D eigenvalue weighted by Crippen LogP contribution is 2.24. The molecule has 1 aromatic carbocycles. The van der Waals surface area contributed by atoms with Gasteiger partial charge in [0.25, 0.3) is 0 Å². The van der Waals surface area contributed by atoms with Crippen LogP contribution in [0.25, 0.3) is 0 Å². The van der Waals surface area contributed by atoms with Crippen molar-refractivity contribution in [3.8, 4) is 0 Å². The molecule has 20 heavy (non-hydrogen) atoms. The minimum atomic E-state index is -0.520. The third kappa shape index (κ3) is 4.06. The molecule has 0 radical (unpaired) electrons. The fourth-order valence-electron chi connectivity index (χ4n) is 1.74. The largest absolute Gasteiger partial charge is 0.444 e. The summed E-state index contributed by atoms with van der Waals surface area (Å²) in [4.78, 5) is 16.3. The lowest BCUT2D eigenvalue weighted by Crippen LogP contribution is -2.35. The van der Waals surface area contributed by atoms with Gasteiger partial charge in [0.15, 0.2) is 0 Å². The van der Waals surface area contributed by atoms with Crippen LogP contribution >= 0.6 is 11.3 Å². The van der Waals surface area contributed by atoms with Gasteiger partial charge in [-0.3, -0.25) is 0 Å². The normalized spacial score (nSPS) is 12.8. The molecule has 0 aliphatic heterocycles. The molecule has 1 atom stereocenters. The Morgan fingerprint density at radius 2 is 2.00 bits per heavy atom. The van der Waals surface area contributed by atoms with Crippen LogP contribution < -0.4 is 5.32 Å². The average Bonchev–Trinajstić information content (AvgIpc) is 2.88. The summed E-state index contributed by atoms with van der Waals surface area (Å²) >= 11 is 1.50. The Hall–Kier alpha value is -1.88. The fraction of sp³-hybridized carbons (Fsp3) is 0.333. The molecular formula is C15H18N2O2S. The summed E-state index contributed by atoms with van der Waals surface area (Å²) in [5.74, 6) is 0. The van der Waals surface area contributed by atoms with Crippen LogP contribution in [-0.4, -0.2) is 16.7 Å². The number of ether oxygens (including phenoxy) is 1. The summed E-state index contributed by atoms with van der Waals surface area (Å²) in [6.07, 6.45) is 1.29. The maximum absolute atomic E-state index is 12.0. The van der Waals surface area contributed by atoms with Crippen LogP contribution in [0.4, 0.5) is 4.79 Å². The van der Waals surface area contributed by atoms with Crippen molar-refractivity contribution in [1.29, 1.82) is 0 Å². The molecular weight excluding hydrogens is 272 g/mol. The van der Waals surface area contributed by atoms with Crippen molar-refractivity contribution < 1.29 is 9.53 Å². The van der Waals surface area contributed by atoms with Gasteiger partial charge in [0.1, 0.15) is 16.7 Å². The maximum atomic E-state index is 12.0. The Bertz CT molecular complexity index is 547. The zero-order chi connectivity index (χ0) is 14.6. The van der Waals surface area contributed by atoms with Gasteiger partial charge in [0, 0.05) is 11.6 Å². The first-order valence-electron chi connectivity index (χ1n) is 6.39. The highest BCUT2D eigenvalue weighted by Gasteiger charge is 2.23. The first-order chi connectivity index (χ1) is 9.46. The smallest absolute Gasteiger partial charge is 0.408 e. The van der Waals surface area contributed by atoms with Crippen LogP contribution in [0.2, 0.25) is 0 Å². The molecule has 0 aliphatic rings. The molecule has 0 aliphatic carbocycles. The number of amides is 1. The fourth-order valence-corrected chi connectivity index (χ4v) is 2.45. The molecule has 2 rings (SSSR count). The lowest BCUT2D eigenvalue weighted by Gasteiger charge is -2.23. The lowest BCUT2D eigenvalue weighted by atomic mass is 10.1. The van der Waals surface area contributed by atoms with Gasteiger partial charge in [0.05, 0.1) is 0 Å². The maximum Gasteiger partial charge on any atom is 0.408 e. The summed E-state index contributed by atoms with van der Waals surface area (Å²) in [7, 11) is 0. The number of nitrogens with zero attached hydrogens (tertiary/aromatic N) is 1. The van der Waals surface area contributed by atoms with E-state index >= 15 is 0 Å². The Kier molecular flexibility index (Phi) is 4.39. The summed E-state index contributed by atoms with van der Waals surface area (Å²) in [6.45, 7) is 5.52. The van der Waals surface area contributed by atoms with Gasteiger partial charge in [0.2, 0.25) is 0 Å². The van der Waals surface area contributed by atoms with Crippen molar-refractivity contribution in [3.05, 3.63) is 52.5 Å². The van der Waals surface area contributed by atoms with Crippen LogP contribution in [0.5, 0.6) is 0 Å². The quantitative estimate of drug-likeness (QED) is 0.936. The number of carbonyl (C=O) groups excluding carboxylic acids is 1. The summed E-state index contributed by atoms with van der Waals surface area (Å²) in [5, 5.41) is 5.61. The number of rotatable bonds is 3. The summed E-state index contributed by atoms with van der Waals surface area (Å²) in [6, 6.07) is 9.45. The van der Waals surface area contributed by atoms with E-state index in [0.717, 1.165) is 10.6 Å². The second kappa shape index (κ2) is 6.05. The third-order valence-electron chi connectivity index (χ3n) is 2.49. The molecule has 0 spiro atoms. The topological polar surface area (TPSA) is 51.2 Å². The minimum absolute atomic E-state index is 0.286. The van der Waals surface area contributed by atoms with Gasteiger partial charge in [-0.05, 0) is 26.3 Å². The molecule has 1 heterocycles. The van der Waals surface area contributed by atoms with Crippen LogP contribution in [0, 0.1) is 0 Å². The van der Waals surface area contributed by atoms with Gasteiger partial charge in [-0.1, -0.05) is 30.3 Å². The standard InChI is InChI=1S/C15H18N2O2S/c1-15(2,3)19-14(18)17-12(13-16-9-10-20-13)11-7-5-4-6-8-11/h4-10,12H,1-3H3,(H,17,18). The molecule has 4 nitrogen and oxygen atoms in total. The Labute approximate surface area is 122 Å². The van der Waals surface area contributed by atoms with Gasteiger partial charge in [-0.15, -0.1) is 11.3 Å². The van der Waals surface area contributed by atoms with E-state index in [2.05, 4.69) is 10.3 Å². The third-order valence-corrected chi connectivity index (χ3v) is 3.33. The molecule has 1 unspecified atom stereocenters. The summed E-state index contributed by atoms with van der Waals surface area (Å²) in [5.41, 5.74) is 0.460. The number of hydrogen-bond donors (Lipinski definition) is 1. The predicted octanol–water partition coefficient (Wildman–Crippen LogP) is 3.76. The van der Waals surface area contributed by atoms with Crippen molar-refractivity contribution in [1.82, 2.24) is 10.3 Å². The van der Waals surface area contributed by atoms with E-state index in [1.165, 1.54) is 11.3 Å². The van der Waals surface area contributed by atoms with Gasteiger partial charge in [-0.25, -0.2) is 9.78 Å². The number of hydrogen-bond acceptors (Lipinski definition) is 4. The number of thiazole rings is 1. The molecule has 1 N–H and O–H groups in total. The molecule has 1 aromatic heterocycles. The number of benzene rings is 1. The van der Waals surface area contributed by atoms with E-state index in [1.54, 1.807) is 6.20 Å². The number of aromatic nitrogens is 1. The van der Waals surface area contributed by atoms with E-state index in [-0.39, 0.29) is 6.04 Å². The van der Waals surface area contributed by atoms with E-state index < -0.39 is 11.7 Å². The average molecular weight is 290 g/mol. The first kappa shape index (κ1) is 14.5. The Morgan fingerprint density at radius 3 is 2.55 bits per heavy atom. The highest BCUT2D eigenvalue weighted by atomic mass is 32.1. The van der Waals surface area contributed by atoms with Crippen LogP contribution in [0.15, 0.2) is 41.9 Å². The highest BCUT2D eigenvalue weighted by molar-refractivity contribution is 7.09. The Balaban J connectivity index is 2.19. The van der Waals surface area contributed by atoms with Crippen molar-refractivity contribution in [2.24, 2.45) is 0 Å². The van der Waals surface area contributed by atoms with Crippen molar-refractivity contribution in [2.45, 2.75) is 32.4 Å². The molecule has 106 valence electrons. The van der Waals surface area contributed by atoms with Gasteiger partial charge < -0.3 is 10.1 Å². The van der Waals surface area contributed by atoms with E-state index in [1.807, 2.05) is 56.5 Å². The second-order valence-corrected chi connectivity index (χ2v) is 6.29. The van der Waals surface area contributed by atoms with Crippen molar-refractivity contribution in [3.63, 3.8) is 0 Å². The molecule has 0 bridgehead atoms. The van der Waals surface area contributed by atoms with Crippen LogP contribution in [-0.2, 0) is 4.74 Å². The monoisotopic (exact) mass is 290 g/mol.